The molecule has 6 heteroatoms. The molecule has 0 radical (unpaired) electrons. The zero-order valence-electron chi connectivity index (χ0n) is 13.9. The third-order valence-electron chi connectivity index (χ3n) is 4.51. The van der Waals surface area contributed by atoms with Gasteiger partial charge in [0.2, 0.25) is 12.6 Å². The number of para-hydroxylation sites is 1. The molecule has 1 aliphatic heterocycles. The van der Waals surface area contributed by atoms with E-state index >= 15 is 0 Å². The van der Waals surface area contributed by atoms with Crippen molar-refractivity contribution in [3.63, 3.8) is 0 Å². The molecule has 0 aliphatic carbocycles. The molecule has 0 saturated heterocycles. The van der Waals surface area contributed by atoms with Crippen molar-refractivity contribution in [1.82, 2.24) is 9.78 Å². The van der Waals surface area contributed by atoms with Gasteiger partial charge in [-0.25, -0.2) is 4.68 Å². The molecule has 0 bridgehead atoms. The lowest BCUT2D eigenvalue weighted by Crippen LogP contribution is -2.03. The van der Waals surface area contributed by atoms with Gasteiger partial charge in [-0.1, -0.05) is 18.2 Å². The van der Waals surface area contributed by atoms with Gasteiger partial charge in [-0.3, -0.25) is 4.79 Å². The van der Waals surface area contributed by atoms with E-state index in [1.54, 1.807) is 29.1 Å². The Morgan fingerprint density at radius 2 is 1.96 bits per heavy atom. The summed E-state index contributed by atoms with van der Waals surface area (Å²) in [5.41, 5.74) is 2.75. The SMILES string of the molecule is Cc1c(C(=O)c2cc3c4c(ccc3o2)OCO4)cnn1-c1ccccc1. The van der Waals surface area contributed by atoms with Gasteiger partial charge in [0, 0.05) is 0 Å². The van der Waals surface area contributed by atoms with Crippen LogP contribution in [0.5, 0.6) is 11.5 Å². The number of carbonyl (C=O) groups excluding carboxylic acids is 1. The summed E-state index contributed by atoms with van der Waals surface area (Å²) in [5.74, 6) is 1.31. The monoisotopic (exact) mass is 346 g/mol. The minimum Gasteiger partial charge on any atom is -0.454 e. The van der Waals surface area contributed by atoms with E-state index < -0.39 is 0 Å². The quantitative estimate of drug-likeness (QED) is 0.527. The highest BCUT2D eigenvalue weighted by Crippen LogP contribution is 2.40. The molecule has 128 valence electrons. The first-order valence-electron chi connectivity index (χ1n) is 8.19. The lowest BCUT2D eigenvalue weighted by atomic mass is 10.1. The molecule has 6 nitrogen and oxygen atoms in total. The number of furan rings is 1. The van der Waals surface area contributed by atoms with E-state index in [1.165, 1.54) is 0 Å². The Labute approximate surface area is 148 Å². The van der Waals surface area contributed by atoms with Gasteiger partial charge in [-0.05, 0) is 37.3 Å². The highest BCUT2D eigenvalue weighted by atomic mass is 16.7. The topological polar surface area (TPSA) is 66.5 Å². The molecular weight excluding hydrogens is 332 g/mol. The molecule has 26 heavy (non-hydrogen) atoms. The van der Waals surface area contributed by atoms with Gasteiger partial charge < -0.3 is 13.9 Å². The Bertz CT molecular complexity index is 1140. The Morgan fingerprint density at radius 3 is 2.81 bits per heavy atom. The van der Waals surface area contributed by atoms with Crippen LogP contribution in [0.3, 0.4) is 0 Å². The Balaban J connectivity index is 1.57. The summed E-state index contributed by atoms with van der Waals surface area (Å²) in [6.07, 6.45) is 1.57. The van der Waals surface area contributed by atoms with E-state index in [4.69, 9.17) is 13.9 Å². The number of hydrogen-bond donors (Lipinski definition) is 0. The van der Waals surface area contributed by atoms with Crippen LogP contribution < -0.4 is 9.47 Å². The van der Waals surface area contributed by atoms with Gasteiger partial charge in [-0.15, -0.1) is 0 Å². The average Bonchev–Trinajstić information content (AvgIpc) is 3.38. The molecule has 2 aromatic heterocycles. The molecule has 0 spiro atoms. The van der Waals surface area contributed by atoms with E-state index in [0.717, 1.165) is 16.8 Å². The van der Waals surface area contributed by atoms with Gasteiger partial charge in [-0.2, -0.15) is 5.10 Å². The van der Waals surface area contributed by atoms with Crippen molar-refractivity contribution in [2.75, 3.05) is 6.79 Å². The second-order valence-corrected chi connectivity index (χ2v) is 6.04. The second-order valence-electron chi connectivity index (χ2n) is 6.04. The number of hydrogen-bond acceptors (Lipinski definition) is 5. The van der Waals surface area contributed by atoms with Crippen molar-refractivity contribution >= 4 is 16.8 Å². The zero-order chi connectivity index (χ0) is 17.7. The summed E-state index contributed by atoms with van der Waals surface area (Å²) in [6.45, 7) is 2.04. The highest BCUT2D eigenvalue weighted by molar-refractivity contribution is 6.10. The third-order valence-corrected chi connectivity index (χ3v) is 4.51. The lowest BCUT2D eigenvalue weighted by Gasteiger charge is -2.04. The van der Waals surface area contributed by atoms with Crippen LogP contribution in [-0.4, -0.2) is 22.4 Å². The number of ether oxygens (including phenoxy) is 2. The molecule has 2 aromatic carbocycles. The van der Waals surface area contributed by atoms with Crippen molar-refractivity contribution < 1.29 is 18.7 Å². The van der Waals surface area contributed by atoms with Crippen LogP contribution >= 0.6 is 0 Å². The summed E-state index contributed by atoms with van der Waals surface area (Å²) in [7, 11) is 0. The molecule has 0 saturated carbocycles. The second kappa shape index (κ2) is 5.49. The summed E-state index contributed by atoms with van der Waals surface area (Å²) in [6, 6.07) is 14.9. The number of rotatable bonds is 3. The Morgan fingerprint density at radius 1 is 1.12 bits per heavy atom. The molecule has 5 rings (SSSR count). The van der Waals surface area contributed by atoms with Crippen molar-refractivity contribution in [3.05, 3.63) is 71.7 Å². The van der Waals surface area contributed by atoms with E-state index in [9.17, 15) is 4.79 Å². The largest absolute Gasteiger partial charge is 0.454 e. The fourth-order valence-corrected chi connectivity index (χ4v) is 3.19. The van der Waals surface area contributed by atoms with Crippen LogP contribution in [0.25, 0.3) is 16.7 Å². The first-order chi connectivity index (χ1) is 12.7. The molecule has 0 unspecified atom stereocenters. The molecule has 0 amide bonds. The van der Waals surface area contributed by atoms with Gasteiger partial charge in [0.1, 0.15) is 5.58 Å². The first kappa shape index (κ1) is 14.8. The van der Waals surface area contributed by atoms with E-state index in [1.807, 2.05) is 37.3 Å². The van der Waals surface area contributed by atoms with Crippen molar-refractivity contribution in [1.29, 1.82) is 0 Å². The van der Waals surface area contributed by atoms with Crippen molar-refractivity contribution in [2.45, 2.75) is 6.92 Å². The molecule has 4 aromatic rings. The molecule has 0 N–H and O–H groups in total. The first-order valence-corrected chi connectivity index (χ1v) is 8.19. The summed E-state index contributed by atoms with van der Waals surface area (Å²) in [4.78, 5) is 13.0. The Kier molecular flexibility index (Phi) is 3.12. The predicted molar refractivity (Wildman–Crippen MR) is 94.1 cm³/mol. The average molecular weight is 346 g/mol. The predicted octanol–water partition coefficient (Wildman–Crippen LogP) is 3.89. The number of ketones is 1. The fraction of sp³-hybridized carbons (Fsp3) is 0.100. The zero-order valence-corrected chi connectivity index (χ0v) is 13.9. The molecular formula is C20H14N2O4. The molecule has 0 atom stereocenters. The van der Waals surface area contributed by atoms with E-state index in [-0.39, 0.29) is 18.3 Å². The minimum absolute atomic E-state index is 0.172. The summed E-state index contributed by atoms with van der Waals surface area (Å²) in [5, 5.41) is 5.09. The Hall–Kier alpha value is -3.54. The van der Waals surface area contributed by atoms with Gasteiger partial charge in [0.25, 0.3) is 0 Å². The van der Waals surface area contributed by atoms with Crippen LogP contribution in [-0.2, 0) is 0 Å². The van der Waals surface area contributed by atoms with Crippen molar-refractivity contribution in [3.8, 4) is 17.2 Å². The number of benzene rings is 2. The number of aromatic nitrogens is 2. The smallest absolute Gasteiger partial charge is 0.231 e. The van der Waals surface area contributed by atoms with Gasteiger partial charge in [0.15, 0.2) is 17.3 Å². The van der Waals surface area contributed by atoms with E-state index in [0.29, 0.717) is 22.6 Å². The number of fused-ring (bicyclic) bond motifs is 3. The normalized spacial score (nSPS) is 12.7. The highest BCUT2D eigenvalue weighted by Gasteiger charge is 2.24. The minimum atomic E-state index is -0.214. The lowest BCUT2D eigenvalue weighted by molar-refractivity contribution is 0.101. The molecule has 0 fully saturated rings. The standard InChI is InChI=1S/C20H14N2O4/c1-12-15(10-21-22(12)13-5-3-2-4-6-13)19(23)18-9-14-16(26-18)7-8-17-20(14)25-11-24-17/h2-10H,11H2,1H3. The van der Waals surface area contributed by atoms with Crippen LogP contribution in [0.15, 0.2) is 59.1 Å². The summed E-state index contributed by atoms with van der Waals surface area (Å²) < 4.78 is 18.4. The molecule has 1 aliphatic rings. The van der Waals surface area contributed by atoms with Crippen LogP contribution in [0.1, 0.15) is 21.8 Å². The van der Waals surface area contributed by atoms with Crippen LogP contribution in [0, 0.1) is 6.92 Å². The fourth-order valence-electron chi connectivity index (χ4n) is 3.19. The maximum absolute atomic E-state index is 13.0. The molecule has 3 heterocycles. The van der Waals surface area contributed by atoms with E-state index in [2.05, 4.69) is 5.10 Å². The van der Waals surface area contributed by atoms with Gasteiger partial charge in [0.05, 0.1) is 28.5 Å². The summed E-state index contributed by atoms with van der Waals surface area (Å²) >= 11 is 0. The maximum Gasteiger partial charge on any atom is 0.231 e. The van der Waals surface area contributed by atoms with Crippen molar-refractivity contribution in [2.24, 2.45) is 0 Å². The van der Waals surface area contributed by atoms with Crippen LogP contribution in [0.4, 0.5) is 0 Å². The van der Waals surface area contributed by atoms with Crippen LogP contribution in [0.2, 0.25) is 0 Å². The maximum atomic E-state index is 13.0. The van der Waals surface area contributed by atoms with Gasteiger partial charge >= 0.3 is 0 Å². The number of nitrogens with zero attached hydrogens (tertiary/aromatic N) is 2. The third kappa shape index (κ3) is 2.12. The number of carbonyl (C=O) groups is 1.